The predicted molar refractivity (Wildman–Crippen MR) is 66.8 cm³/mol. The number of hydrogen-bond donors (Lipinski definition) is 2. The molecule has 5 nitrogen and oxygen atoms in total. The minimum atomic E-state index is -0.00491. The van der Waals surface area contributed by atoms with Crippen molar-refractivity contribution in [1.82, 2.24) is 10.3 Å². The van der Waals surface area contributed by atoms with Gasteiger partial charge in [0.1, 0.15) is 0 Å². The quantitative estimate of drug-likeness (QED) is 0.834. The fraction of sp³-hybridized carbons (Fsp3) is 0.636. The van der Waals surface area contributed by atoms with Gasteiger partial charge in [0.25, 0.3) is 0 Å². The number of nitrogens with two attached hydrogens (primary N) is 1. The van der Waals surface area contributed by atoms with Crippen molar-refractivity contribution in [3.05, 3.63) is 11.1 Å². The average Bonchev–Trinajstić information content (AvgIpc) is 2.89. The van der Waals surface area contributed by atoms with Crippen LogP contribution < -0.4 is 11.1 Å². The minimum Gasteiger partial charge on any atom is -0.381 e. The molecular formula is C11H17N3O2S. The van der Waals surface area contributed by atoms with Crippen molar-refractivity contribution in [3.63, 3.8) is 0 Å². The topological polar surface area (TPSA) is 77.2 Å². The molecule has 2 rings (SSSR count). The van der Waals surface area contributed by atoms with E-state index in [9.17, 15) is 4.79 Å². The third kappa shape index (κ3) is 3.41. The molecule has 2 atom stereocenters. The maximum Gasteiger partial charge on any atom is 0.226 e. The Morgan fingerprint density at radius 3 is 3.24 bits per heavy atom. The first-order chi connectivity index (χ1) is 8.15. The Hall–Kier alpha value is -1.14. The Labute approximate surface area is 104 Å². The van der Waals surface area contributed by atoms with E-state index in [-0.39, 0.29) is 11.9 Å². The van der Waals surface area contributed by atoms with Crippen molar-refractivity contribution in [2.24, 2.45) is 5.92 Å². The van der Waals surface area contributed by atoms with Crippen LogP contribution in [0.4, 0.5) is 5.13 Å². The van der Waals surface area contributed by atoms with Gasteiger partial charge in [-0.3, -0.25) is 4.79 Å². The van der Waals surface area contributed by atoms with E-state index in [0.717, 1.165) is 25.3 Å². The molecule has 1 aromatic heterocycles. The van der Waals surface area contributed by atoms with E-state index >= 15 is 0 Å². The standard InChI is InChI=1S/C11H17N3O2S/c1-7(8-2-3-16-5-8)13-10(15)4-9-6-17-11(12)14-9/h6-8H,2-5H2,1H3,(H2,12,14)(H,13,15). The molecule has 0 radical (unpaired) electrons. The Bertz CT molecular complexity index is 388. The molecule has 0 saturated carbocycles. The van der Waals surface area contributed by atoms with Crippen LogP contribution in [0.5, 0.6) is 0 Å². The lowest BCUT2D eigenvalue weighted by Crippen LogP contribution is -2.39. The van der Waals surface area contributed by atoms with Gasteiger partial charge in [-0.1, -0.05) is 0 Å². The Morgan fingerprint density at radius 1 is 1.82 bits per heavy atom. The maximum absolute atomic E-state index is 11.8. The number of nitrogens with zero attached hydrogens (tertiary/aromatic N) is 1. The largest absolute Gasteiger partial charge is 0.381 e. The van der Waals surface area contributed by atoms with Crippen molar-refractivity contribution in [2.45, 2.75) is 25.8 Å². The van der Waals surface area contributed by atoms with Gasteiger partial charge < -0.3 is 15.8 Å². The van der Waals surface area contributed by atoms with Crippen molar-refractivity contribution in [1.29, 1.82) is 0 Å². The van der Waals surface area contributed by atoms with E-state index in [1.54, 1.807) is 0 Å². The van der Waals surface area contributed by atoms with E-state index < -0.39 is 0 Å². The molecule has 0 aliphatic carbocycles. The van der Waals surface area contributed by atoms with Crippen LogP contribution in [0.15, 0.2) is 5.38 Å². The lowest BCUT2D eigenvalue weighted by Gasteiger charge is -2.18. The summed E-state index contributed by atoms with van der Waals surface area (Å²) in [5, 5.41) is 5.31. The number of aromatic nitrogens is 1. The Kier molecular flexibility index (Phi) is 3.96. The molecule has 94 valence electrons. The van der Waals surface area contributed by atoms with E-state index in [0.29, 0.717) is 17.5 Å². The van der Waals surface area contributed by atoms with Crippen LogP contribution in [0.3, 0.4) is 0 Å². The van der Waals surface area contributed by atoms with Crippen LogP contribution >= 0.6 is 11.3 Å². The van der Waals surface area contributed by atoms with Crippen LogP contribution in [0.1, 0.15) is 19.0 Å². The van der Waals surface area contributed by atoms with Crippen LogP contribution in [-0.2, 0) is 16.0 Å². The van der Waals surface area contributed by atoms with Crippen molar-refractivity contribution in [3.8, 4) is 0 Å². The zero-order chi connectivity index (χ0) is 12.3. The third-order valence-electron chi connectivity index (χ3n) is 2.97. The van der Waals surface area contributed by atoms with Gasteiger partial charge in [-0.15, -0.1) is 11.3 Å². The number of nitrogens with one attached hydrogen (secondary N) is 1. The zero-order valence-corrected chi connectivity index (χ0v) is 10.6. The van der Waals surface area contributed by atoms with Crippen LogP contribution in [0.2, 0.25) is 0 Å². The van der Waals surface area contributed by atoms with E-state index in [4.69, 9.17) is 10.5 Å². The first-order valence-electron chi connectivity index (χ1n) is 5.72. The van der Waals surface area contributed by atoms with Crippen LogP contribution in [-0.4, -0.2) is 30.1 Å². The molecule has 0 aromatic carbocycles. The minimum absolute atomic E-state index is 0.00491. The lowest BCUT2D eigenvalue weighted by molar-refractivity contribution is -0.121. The van der Waals surface area contributed by atoms with Gasteiger partial charge in [0, 0.05) is 23.9 Å². The molecule has 1 saturated heterocycles. The summed E-state index contributed by atoms with van der Waals surface area (Å²) in [6, 6.07) is 0.154. The summed E-state index contributed by atoms with van der Waals surface area (Å²) in [6.07, 6.45) is 1.32. The van der Waals surface area contributed by atoms with Crippen LogP contribution in [0, 0.1) is 5.92 Å². The van der Waals surface area contributed by atoms with Gasteiger partial charge >= 0.3 is 0 Å². The second-order valence-electron chi connectivity index (χ2n) is 4.33. The average molecular weight is 255 g/mol. The first-order valence-corrected chi connectivity index (χ1v) is 6.60. The van der Waals surface area contributed by atoms with Crippen molar-refractivity contribution >= 4 is 22.4 Å². The Balaban J connectivity index is 1.80. The number of hydrogen-bond acceptors (Lipinski definition) is 5. The maximum atomic E-state index is 11.8. The molecule has 1 aromatic rings. The fourth-order valence-corrected chi connectivity index (χ4v) is 2.50. The third-order valence-corrected chi connectivity index (χ3v) is 3.69. The van der Waals surface area contributed by atoms with Gasteiger partial charge in [-0.25, -0.2) is 4.98 Å². The zero-order valence-electron chi connectivity index (χ0n) is 9.81. The molecule has 0 bridgehead atoms. The molecule has 3 N–H and O–H groups in total. The number of carbonyl (C=O) groups is 1. The van der Waals surface area contributed by atoms with Gasteiger partial charge in [-0.2, -0.15) is 0 Å². The van der Waals surface area contributed by atoms with E-state index in [1.165, 1.54) is 11.3 Å². The number of amides is 1. The number of ether oxygens (including phenoxy) is 1. The number of rotatable bonds is 4. The number of nitrogen functional groups attached to an aromatic ring is 1. The summed E-state index contributed by atoms with van der Waals surface area (Å²) >= 11 is 1.36. The monoisotopic (exact) mass is 255 g/mol. The molecule has 2 heterocycles. The van der Waals surface area contributed by atoms with Gasteiger partial charge in [-0.05, 0) is 13.3 Å². The summed E-state index contributed by atoms with van der Waals surface area (Å²) in [4.78, 5) is 15.8. The SMILES string of the molecule is CC(NC(=O)Cc1csc(N)n1)C1CCOC1. The molecule has 1 aliphatic heterocycles. The number of anilines is 1. The Morgan fingerprint density at radius 2 is 2.65 bits per heavy atom. The van der Waals surface area contributed by atoms with Gasteiger partial charge in [0.2, 0.25) is 5.91 Å². The van der Waals surface area contributed by atoms with Crippen molar-refractivity contribution in [2.75, 3.05) is 18.9 Å². The lowest BCUT2D eigenvalue weighted by atomic mass is 10.0. The van der Waals surface area contributed by atoms with Gasteiger partial charge in [0.05, 0.1) is 18.7 Å². The highest BCUT2D eigenvalue weighted by Gasteiger charge is 2.23. The van der Waals surface area contributed by atoms with Crippen LogP contribution in [0.25, 0.3) is 0 Å². The molecule has 0 spiro atoms. The highest BCUT2D eigenvalue weighted by molar-refractivity contribution is 7.13. The first kappa shape index (κ1) is 12.3. The molecular weight excluding hydrogens is 238 g/mol. The number of thiazole rings is 1. The van der Waals surface area contributed by atoms with Gasteiger partial charge in [0.15, 0.2) is 5.13 Å². The molecule has 1 aliphatic rings. The smallest absolute Gasteiger partial charge is 0.226 e. The number of carbonyl (C=O) groups excluding carboxylic acids is 1. The summed E-state index contributed by atoms with van der Waals surface area (Å²) in [5.74, 6) is 0.425. The van der Waals surface area contributed by atoms with Crippen molar-refractivity contribution < 1.29 is 9.53 Å². The summed E-state index contributed by atoms with van der Waals surface area (Å²) in [7, 11) is 0. The summed E-state index contributed by atoms with van der Waals surface area (Å²) in [5.41, 5.74) is 6.25. The normalized spacial score (nSPS) is 21.4. The predicted octanol–water partition coefficient (Wildman–Crippen LogP) is 0.809. The molecule has 1 amide bonds. The molecule has 2 unspecified atom stereocenters. The molecule has 1 fully saturated rings. The highest BCUT2D eigenvalue weighted by atomic mass is 32.1. The van der Waals surface area contributed by atoms with E-state index in [2.05, 4.69) is 10.3 Å². The fourth-order valence-electron chi connectivity index (χ4n) is 1.94. The summed E-state index contributed by atoms with van der Waals surface area (Å²) < 4.78 is 5.30. The molecule has 17 heavy (non-hydrogen) atoms. The second-order valence-corrected chi connectivity index (χ2v) is 5.22. The molecule has 6 heteroatoms. The second kappa shape index (κ2) is 5.46. The summed E-state index contributed by atoms with van der Waals surface area (Å²) in [6.45, 7) is 3.56. The van der Waals surface area contributed by atoms with E-state index in [1.807, 2.05) is 12.3 Å². The highest BCUT2D eigenvalue weighted by Crippen LogP contribution is 2.16.